The molecule has 1 heterocycles. The Kier molecular flexibility index (Phi) is 2.33. The number of fused-ring (bicyclic) bond motifs is 1. The molecule has 0 aliphatic carbocycles. The lowest BCUT2D eigenvalue weighted by Crippen LogP contribution is -1.81. The van der Waals surface area contributed by atoms with Crippen LogP contribution in [-0.4, -0.2) is 7.11 Å². The van der Waals surface area contributed by atoms with Crippen LogP contribution in [0.2, 0.25) is 0 Å². The van der Waals surface area contributed by atoms with Crippen molar-refractivity contribution in [3.63, 3.8) is 0 Å². The van der Waals surface area contributed by atoms with Gasteiger partial charge in [0.2, 0.25) is 0 Å². The molecular weight excluding hydrogens is 212 g/mol. The number of para-hydroxylation sites is 1. The molecule has 0 fully saturated rings. The molecule has 0 atom stereocenters. The molecule has 0 N–H and O–H groups in total. The summed E-state index contributed by atoms with van der Waals surface area (Å²) in [6, 6.07) is 18.9. The minimum absolute atomic E-state index is 0.758. The van der Waals surface area contributed by atoms with Crippen LogP contribution < -0.4 is 4.74 Å². The van der Waals surface area contributed by atoms with E-state index in [1.165, 1.54) is 0 Å². The van der Waals surface area contributed by atoms with Gasteiger partial charge in [0, 0.05) is 17.0 Å². The van der Waals surface area contributed by atoms with Crippen LogP contribution in [0.4, 0.5) is 0 Å². The molecule has 2 aromatic carbocycles. The van der Waals surface area contributed by atoms with Crippen molar-refractivity contribution in [2.24, 2.45) is 0 Å². The fourth-order valence-electron chi connectivity index (χ4n) is 1.79. The quantitative estimate of drug-likeness (QED) is 0.657. The predicted molar refractivity (Wildman–Crippen MR) is 67.0 cm³/mol. The van der Waals surface area contributed by atoms with Crippen molar-refractivity contribution in [1.29, 1.82) is 0 Å². The van der Waals surface area contributed by atoms with Gasteiger partial charge in [-0.1, -0.05) is 18.2 Å². The number of ether oxygens (including phenoxy) is 1. The molecule has 3 aromatic rings. The van der Waals surface area contributed by atoms with Crippen molar-refractivity contribution in [1.82, 2.24) is 0 Å². The first-order chi connectivity index (χ1) is 8.36. The van der Waals surface area contributed by atoms with Crippen molar-refractivity contribution < 1.29 is 9.15 Å². The normalized spacial score (nSPS) is 10.6. The molecule has 0 bridgehead atoms. The zero-order valence-corrected chi connectivity index (χ0v) is 9.44. The lowest BCUT2D eigenvalue weighted by atomic mass is 10.1. The largest absolute Gasteiger partial charge is 0.497 e. The van der Waals surface area contributed by atoms with Crippen LogP contribution in [0, 0.1) is 6.07 Å². The van der Waals surface area contributed by atoms with Crippen LogP contribution in [0.15, 0.2) is 52.9 Å². The van der Waals surface area contributed by atoms with Gasteiger partial charge in [-0.25, -0.2) is 0 Å². The van der Waals surface area contributed by atoms with Crippen molar-refractivity contribution >= 4 is 11.0 Å². The lowest BCUT2D eigenvalue weighted by Gasteiger charge is -1.99. The maximum atomic E-state index is 5.73. The standard InChI is InChI=1S/C15H11O2/c1-16-13-8-6-11(7-9-13)15-10-12-4-2-3-5-14(12)17-15/h2-9H,1H3. The maximum Gasteiger partial charge on any atom is 0.143 e. The van der Waals surface area contributed by atoms with E-state index in [4.69, 9.17) is 9.15 Å². The van der Waals surface area contributed by atoms with E-state index in [0.717, 1.165) is 28.0 Å². The number of rotatable bonds is 2. The summed E-state index contributed by atoms with van der Waals surface area (Å²) in [7, 11) is 1.66. The van der Waals surface area contributed by atoms with Gasteiger partial charge in [-0.15, -0.1) is 0 Å². The second kappa shape index (κ2) is 3.98. The first kappa shape index (κ1) is 9.97. The number of hydrogen-bond donors (Lipinski definition) is 0. The Labute approximate surface area is 99.4 Å². The smallest absolute Gasteiger partial charge is 0.143 e. The Morgan fingerprint density at radius 3 is 2.47 bits per heavy atom. The van der Waals surface area contributed by atoms with Gasteiger partial charge >= 0.3 is 0 Å². The molecule has 1 radical (unpaired) electrons. The third kappa shape index (κ3) is 1.78. The van der Waals surface area contributed by atoms with Gasteiger partial charge in [-0.3, -0.25) is 0 Å². The summed E-state index contributed by atoms with van der Waals surface area (Å²) in [4.78, 5) is 0. The molecule has 0 spiro atoms. The van der Waals surface area contributed by atoms with E-state index < -0.39 is 0 Å². The van der Waals surface area contributed by atoms with E-state index in [-0.39, 0.29) is 0 Å². The van der Waals surface area contributed by atoms with Gasteiger partial charge in [-0.2, -0.15) is 0 Å². The van der Waals surface area contributed by atoms with Crippen LogP contribution in [0.1, 0.15) is 0 Å². The van der Waals surface area contributed by atoms with Gasteiger partial charge < -0.3 is 9.15 Å². The molecule has 1 aromatic heterocycles. The van der Waals surface area contributed by atoms with Gasteiger partial charge in [0.05, 0.1) is 7.11 Å². The van der Waals surface area contributed by atoms with Crippen molar-refractivity contribution in [3.05, 3.63) is 54.6 Å². The van der Waals surface area contributed by atoms with E-state index >= 15 is 0 Å². The second-order valence-corrected chi connectivity index (χ2v) is 3.78. The highest BCUT2D eigenvalue weighted by atomic mass is 16.5. The minimum atomic E-state index is 0.758. The molecule has 0 aliphatic rings. The van der Waals surface area contributed by atoms with E-state index in [0.29, 0.717) is 0 Å². The molecule has 0 saturated heterocycles. The van der Waals surface area contributed by atoms with Gasteiger partial charge in [0.1, 0.15) is 17.1 Å². The SMILES string of the molecule is COc1ccc(-c2[c]c3ccccc3o2)cc1. The fraction of sp³-hybridized carbons (Fsp3) is 0.0667. The average Bonchev–Trinajstić information content (AvgIpc) is 2.82. The average molecular weight is 223 g/mol. The minimum Gasteiger partial charge on any atom is -0.497 e. The van der Waals surface area contributed by atoms with Crippen molar-refractivity contribution in [2.45, 2.75) is 0 Å². The molecule has 0 aliphatic heterocycles. The molecule has 3 rings (SSSR count). The molecule has 17 heavy (non-hydrogen) atoms. The van der Waals surface area contributed by atoms with Crippen LogP contribution in [0.5, 0.6) is 5.75 Å². The molecular formula is C15H11O2. The highest BCUT2D eigenvalue weighted by Gasteiger charge is 2.06. The molecule has 0 unspecified atom stereocenters. The van der Waals surface area contributed by atoms with Crippen LogP contribution in [-0.2, 0) is 0 Å². The first-order valence-corrected chi connectivity index (χ1v) is 5.42. The zero-order valence-electron chi connectivity index (χ0n) is 9.44. The lowest BCUT2D eigenvalue weighted by molar-refractivity contribution is 0.415. The molecule has 2 nitrogen and oxygen atoms in total. The maximum absolute atomic E-state index is 5.73. The van der Waals surface area contributed by atoms with Crippen LogP contribution >= 0.6 is 0 Å². The Morgan fingerprint density at radius 1 is 1.00 bits per heavy atom. The Bertz CT molecular complexity index is 602. The number of furan rings is 1. The summed E-state index contributed by atoms with van der Waals surface area (Å²) in [5.41, 5.74) is 1.86. The summed E-state index contributed by atoms with van der Waals surface area (Å²) in [6.07, 6.45) is 0. The summed E-state index contributed by atoms with van der Waals surface area (Å²) in [5.74, 6) is 1.60. The second-order valence-electron chi connectivity index (χ2n) is 3.78. The van der Waals surface area contributed by atoms with Crippen LogP contribution in [0.3, 0.4) is 0 Å². The highest BCUT2D eigenvalue weighted by molar-refractivity contribution is 5.81. The summed E-state index contributed by atoms with van der Waals surface area (Å²) in [5, 5.41) is 0.998. The monoisotopic (exact) mass is 223 g/mol. The third-order valence-corrected chi connectivity index (χ3v) is 2.70. The number of benzene rings is 2. The summed E-state index contributed by atoms with van der Waals surface area (Å²) < 4.78 is 10.9. The van der Waals surface area contributed by atoms with Crippen LogP contribution in [0.25, 0.3) is 22.3 Å². The third-order valence-electron chi connectivity index (χ3n) is 2.70. The molecule has 2 heteroatoms. The summed E-state index contributed by atoms with van der Waals surface area (Å²) in [6.45, 7) is 0. The number of methoxy groups -OCH3 is 1. The molecule has 0 amide bonds. The van der Waals surface area contributed by atoms with Gasteiger partial charge in [0.25, 0.3) is 0 Å². The summed E-state index contributed by atoms with van der Waals surface area (Å²) >= 11 is 0. The van der Waals surface area contributed by atoms with E-state index in [1.807, 2.05) is 48.5 Å². The van der Waals surface area contributed by atoms with E-state index in [2.05, 4.69) is 6.07 Å². The van der Waals surface area contributed by atoms with Crippen molar-refractivity contribution in [2.75, 3.05) is 7.11 Å². The van der Waals surface area contributed by atoms with Gasteiger partial charge in [0.15, 0.2) is 0 Å². The topological polar surface area (TPSA) is 22.4 Å². The zero-order chi connectivity index (χ0) is 11.7. The Morgan fingerprint density at radius 2 is 1.76 bits per heavy atom. The van der Waals surface area contributed by atoms with Gasteiger partial charge in [-0.05, 0) is 30.3 Å². The Balaban J connectivity index is 2.07. The molecule has 0 saturated carbocycles. The fourth-order valence-corrected chi connectivity index (χ4v) is 1.79. The predicted octanol–water partition coefficient (Wildman–Crippen LogP) is 3.91. The van der Waals surface area contributed by atoms with Crippen molar-refractivity contribution in [3.8, 4) is 17.1 Å². The molecule has 83 valence electrons. The van der Waals surface area contributed by atoms with E-state index in [1.54, 1.807) is 7.11 Å². The number of hydrogen-bond acceptors (Lipinski definition) is 2. The van der Waals surface area contributed by atoms with E-state index in [9.17, 15) is 0 Å². The first-order valence-electron chi connectivity index (χ1n) is 5.42. The Hall–Kier alpha value is -2.22. The highest BCUT2D eigenvalue weighted by Crippen LogP contribution is 2.27.